The standard InChI is InChI=1S/C13H19NO3/c1-9(2)10(13(15)16)8-14-11-6-4-5-7-12(11)17-3/h4-7,9-10,14H,8H2,1-3H3,(H,15,16). The first-order chi connectivity index (χ1) is 8.06. The molecule has 0 heterocycles. The lowest BCUT2D eigenvalue weighted by atomic mass is 9.96. The Hall–Kier alpha value is -1.71. The van der Waals surface area contributed by atoms with Crippen molar-refractivity contribution in [2.24, 2.45) is 11.8 Å². The number of benzene rings is 1. The Morgan fingerprint density at radius 3 is 2.59 bits per heavy atom. The van der Waals surface area contributed by atoms with Crippen LogP contribution in [0, 0.1) is 11.8 Å². The van der Waals surface area contributed by atoms with Gasteiger partial charge in [-0.25, -0.2) is 0 Å². The fourth-order valence-corrected chi connectivity index (χ4v) is 1.62. The van der Waals surface area contributed by atoms with Gasteiger partial charge in [0.05, 0.1) is 18.7 Å². The molecule has 17 heavy (non-hydrogen) atoms. The largest absolute Gasteiger partial charge is 0.495 e. The molecule has 0 saturated heterocycles. The predicted molar refractivity (Wildman–Crippen MR) is 67.4 cm³/mol. The molecule has 1 atom stereocenters. The number of aliphatic carboxylic acids is 1. The Morgan fingerprint density at radius 2 is 2.06 bits per heavy atom. The number of anilines is 1. The molecular weight excluding hydrogens is 218 g/mol. The van der Waals surface area contributed by atoms with Crippen LogP contribution in [0.25, 0.3) is 0 Å². The third-order valence-corrected chi connectivity index (χ3v) is 2.74. The summed E-state index contributed by atoms with van der Waals surface area (Å²) in [5.74, 6) is -0.364. The second-order valence-corrected chi connectivity index (χ2v) is 4.27. The molecule has 4 nitrogen and oxygen atoms in total. The maximum Gasteiger partial charge on any atom is 0.308 e. The summed E-state index contributed by atoms with van der Waals surface area (Å²) in [6.45, 7) is 4.21. The van der Waals surface area contributed by atoms with Crippen LogP contribution in [0.4, 0.5) is 5.69 Å². The second kappa shape index (κ2) is 6.13. The van der Waals surface area contributed by atoms with Gasteiger partial charge in [0.25, 0.3) is 0 Å². The molecule has 0 aliphatic heterocycles. The number of carboxylic acid groups (broad SMARTS) is 1. The minimum atomic E-state index is -0.776. The van der Waals surface area contributed by atoms with Gasteiger partial charge in [-0.15, -0.1) is 0 Å². The Bertz CT molecular complexity index is 377. The number of carboxylic acids is 1. The summed E-state index contributed by atoms with van der Waals surface area (Å²) in [5, 5.41) is 12.2. The van der Waals surface area contributed by atoms with Crippen LogP contribution < -0.4 is 10.1 Å². The van der Waals surface area contributed by atoms with E-state index in [1.165, 1.54) is 0 Å². The van der Waals surface area contributed by atoms with Gasteiger partial charge in [-0.3, -0.25) is 4.79 Å². The van der Waals surface area contributed by atoms with Crippen LogP contribution >= 0.6 is 0 Å². The first-order valence-corrected chi connectivity index (χ1v) is 5.66. The van der Waals surface area contributed by atoms with Gasteiger partial charge >= 0.3 is 5.97 Å². The van der Waals surface area contributed by atoms with E-state index in [0.29, 0.717) is 6.54 Å². The molecule has 0 aliphatic rings. The molecule has 0 fully saturated rings. The summed E-state index contributed by atoms with van der Waals surface area (Å²) in [5.41, 5.74) is 0.821. The molecule has 1 rings (SSSR count). The summed E-state index contributed by atoms with van der Waals surface area (Å²) < 4.78 is 5.19. The van der Waals surface area contributed by atoms with E-state index >= 15 is 0 Å². The van der Waals surface area contributed by atoms with Gasteiger partial charge in [-0.05, 0) is 18.1 Å². The topological polar surface area (TPSA) is 58.6 Å². The normalized spacial score (nSPS) is 12.2. The van der Waals surface area contributed by atoms with Crippen molar-refractivity contribution in [3.8, 4) is 5.75 Å². The van der Waals surface area contributed by atoms with Crippen molar-refractivity contribution < 1.29 is 14.6 Å². The van der Waals surface area contributed by atoms with Crippen molar-refractivity contribution in [2.45, 2.75) is 13.8 Å². The van der Waals surface area contributed by atoms with Gasteiger partial charge in [0.15, 0.2) is 0 Å². The first-order valence-electron chi connectivity index (χ1n) is 5.66. The molecule has 0 saturated carbocycles. The number of hydrogen-bond donors (Lipinski definition) is 2. The van der Waals surface area contributed by atoms with Gasteiger partial charge in [0, 0.05) is 6.54 Å². The molecule has 1 aromatic carbocycles. The van der Waals surface area contributed by atoms with Crippen LogP contribution in [0.1, 0.15) is 13.8 Å². The first kappa shape index (κ1) is 13.4. The van der Waals surface area contributed by atoms with E-state index in [1.54, 1.807) is 7.11 Å². The van der Waals surface area contributed by atoms with Gasteiger partial charge in [0.1, 0.15) is 5.75 Å². The molecular formula is C13H19NO3. The number of carbonyl (C=O) groups is 1. The predicted octanol–water partition coefficient (Wildman–Crippen LogP) is 2.46. The zero-order valence-corrected chi connectivity index (χ0v) is 10.4. The van der Waals surface area contributed by atoms with Crippen LogP contribution in [-0.2, 0) is 4.79 Å². The van der Waals surface area contributed by atoms with Crippen LogP contribution in [0.5, 0.6) is 5.75 Å². The lowest BCUT2D eigenvalue weighted by Crippen LogP contribution is -2.27. The maximum atomic E-state index is 11.0. The smallest absolute Gasteiger partial charge is 0.308 e. The molecule has 0 radical (unpaired) electrons. The van der Waals surface area contributed by atoms with Crippen LogP contribution in [0.15, 0.2) is 24.3 Å². The van der Waals surface area contributed by atoms with E-state index in [-0.39, 0.29) is 5.92 Å². The number of rotatable bonds is 6. The zero-order chi connectivity index (χ0) is 12.8. The highest BCUT2D eigenvalue weighted by molar-refractivity contribution is 5.71. The summed E-state index contributed by atoms with van der Waals surface area (Å²) >= 11 is 0. The highest BCUT2D eigenvalue weighted by Gasteiger charge is 2.21. The molecule has 94 valence electrons. The lowest BCUT2D eigenvalue weighted by molar-refractivity contribution is -0.142. The molecule has 1 unspecified atom stereocenters. The van der Waals surface area contributed by atoms with Crippen molar-refractivity contribution in [1.82, 2.24) is 0 Å². The van der Waals surface area contributed by atoms with Crippen molar-refractivity contribution >= 4 is 11.7 Å². The van der Waals surface area contributed by atoms with Crippen LogP contribution in [-0.4, -0.2) is 24.7 Å². The highest BCUT2D eigenvalue weighted by atomic mass is 16.5. The molecule has 0 bridgehead atoms. The van der Waals surface area contributed by atoms with Crippen molar-refractivity contribution in [3.05, 3.63) is 24.3 Å². The highest BCUT2D eigenvalue weighted by Crippen LogP contribution is 2.24. The molecule has 0 aromatic heterocycles. The average Bonchev–Trinajstić information content (AvgIpc) is 2.29. The SMILES string of the molecule is COc1ccccc1NCC(C(=O)O)C(C)C. The summed E-state index contributed by atoms with van der Waals surface area (Å²) in [4.78, 5) is 11.0. The lowest BCUT2D eigenvalue weighted by Gasteiger charge is -2.18. The van der Waals surface area contributed by atoms with Crippen LogP contribution in [0.3, 0.4) is 0 Å². The quantitative estimate of drug-likeness (QED) is 0.798. The van der Waals surface area contributed by atoms with Crippen molar-refractivity contribution in [1.29, 1.82) is 0 Å². The zero-order valence-electron chi connectivity index (χ0n) is 10.4. The Labute approximate surface area is 102 Å². The fraction of sp³-hybridized carbons (Fsp3) is 0.462. The van der Waals surface area contributed by atoms with Crippen LogP contribution in [0.2, 0.25) is 0 Å². The summed E-state index contributed by atoms with van der Waals surface area (Å²) in [7, 11) is 1.59. The van der Waals surface area contributed by atoms with Crippen molar-refractivity contribution in [2.75, 3.05) is 19.0 Å². The van der Waals surface area contributed by atoms with E-state index < -0.39 is 11.9 Å². The maximum absolute atomic E-state index is 11.0. The molecule has 0 spiro atoms. The Balaban J connectivity index is 2.68. The number of ether oxygens (including phenoxy) is 1. The van der Waals surface area contributed by atoms with Gasteiger partial charge in [-0.1, -0.05) is 26.0 Å². The van der Waals surface area contributed by atoms with Gasteiger partial charge in [0.2, 0.25) is 0 Å². The van der Waals surface area contributed by atoms with E-state index in [4.69, 9.17) is 9.84 Å². The molecule has 0 amide bonds. The third-order valence-electron chi connectivity index (χ3n) is 2.74. The van der Waals surface area contributed by atoms with E-state index in [2.05, 4.69) is 5.32 Å². The molecule has 2 N–H and O–H groups in total. The molecule has 0 aliphatic carbocycles. The number of para-hydroxylation sites is 2. The van der Waals surface area contributed by atoms with Gasteiger partial charge < -0.3 is 15.2 Å². The van der Waals surface area contributed by atoms with E-state index in [9.17, 15) is 4.79 Å². The van der Waals surface area contributed by atoms with Gasteiger partial charge in [-0.2, -0.15) is 0 Å². The Kier molecular flexibility index (Phi) is 4.82. The average molecular weight is 237 g/mol. The molecule has 4 heteroatoms. The Morgan fingerprint density at radius 1 is 1.41 bits per heavy atom. The number of methoxy groups -OCH3 is 1. The number of hydrogen-bond acceptors (Lipinski definition) is 3. The minimum absolute atomic E-state index is 0.0923. The fourth-order valence-electron chi connectivity index (χ4n) is 1.62. The monoisotopic (exact) mass is 237 g/mol. The number of nitrogens with one attached hydrogen (secondary N) is 1. The van der Waals surface area contributed by atoms with E-state index in [1.807, 2.05) is 38.1 Å². The van der Waals surface area contributed by atoms with E-state index in [0.717, 1.165) is 11.4 Å². The summed E-state index contributed by atoms with van der Waals surface area (Å²) in [6.07, 6.45) is 0. The third kappa shape index (κ3) is 3.66. The second-order valence-electron chi connectivity index (χ2n) is 4.27. The summed E-state index contributed by atoms with van der Waals surface area (Å²) in [6, 6.07) is 7.47. The minimum Gasteiger partial charge on any atom is -0.495 e. The molecule has 1 aromatic rings. The van der Waals surface area contributed by atoms with Crippen molar-refractivity contribution in [3.63, 3.8) is 0 Å².